The third-order valence-electron chi connectivity index (χ3n) is 7.61. The van der Waals surface area contributed by atoms with E-state index >= 15 is 0 Å². The van der Waals surface area contributed by atoms with Crippen LogP contribution in [0.3, 0.4) is 0 Å². The van der Waals surface area contributed by atoms with Crippen LogP contribution in [-0.2, 0) is 22.0 Å². The maximum atomic E-state index is 12.4. The van der Waals surface area contributed by atoms with E-state index in [1.165, 1.54) is 36.6 Å². The molecule has 4 atom stereocenters. The first kappa shape index (κ1) is 25.8. The van der Waals surface area contributed by atoms with E-state index in [1.807, 2.05) is 45.9 Å². The average Bonchev–Trinajstić information content (AvgIpc) is 2.85. The monoisotopic (exact) mass is 471 g/mol. The summed E-state index contributed by atoms with van der Waals surface area (Å²) < 4.78 is 32.7. The summed E-state index contributed by atoms with van der Waals surface area (Å²) in [5, 5.41) is 0. The number of ether oxygens (including phenoxy) is 1. The summed E-state index contributed by atoms with van der Waals surface area (Å²) in [6.07, 6.45) is 6.06. The zero-order valence-corrected chi connectivity index (χ0v) is 22.0. The van der Waals surface area contributed by atoms with Gasteiger partial charge < -0.3 is 4.74 Å². The Hall–Kier alpha value is -1.85. The highest BCUT2D eigenvalue weighted by molar-refractivity contribution is 7.88. The van der Waals surface area contributed by atoms with Crippen LogP contribution in [0.5, 0.6) is 5.75 Å². The van der Waals surface area contributed by atoms with Gasteiger partial charge in [0.1, 0.15) is 12.4 Å². The first-order chi connectivity index (χ1) is 15.9. The Balaban J connectivity index is 0.000000728. The Morgan fingerprint density at radius 1 is 1.03 bits per heavy atom. The maximum absolute atomic E-state index is 12.4. The molecule has 182 valence electrons. The molecule has 2 aromatic carbocycles. The second-order valence-electron chi connectivity index (χ2n) is 9.04. The van der Waals surface area contributed by atoms with Crippen LogP contribution in [0.2, 0.25) is 0 Å². The van der Waals surface area contributed by atoms with Crippen LogP contribution in [0.1, 0.15) is 82.9 Å². The summed E-state index contributed by atoms with van der Waals surface area (Å²) in [4.78, 5) is 0. The standard InChI is InChI=1S/C24H29NO3S.2C2H6/c1-17-21-10-6-7-13-24(21)22-14-19(28-16-18-8-4-3-5-9-18)11-12-20(22)23(24)15-25(17)29(2,26)27;2*1-2/h3-5,8-9,11-12,14,17,21,23H,6-7,10,13,15-16H2,1-2H3;2*1-2H3. The molecule has 1 saturated heterocycles. The normalized spacial score (nSPS) is 27.8. The first-order valence-corrected chi connectivity index (χ1v) is 14.5. The Morgan fingerprint density at radius 2 is 1.73 bits per heavy atom. The number of sulfonamides is 1. The predicted octanol–water partition coefficient (Wildman–Crippen LogP) is 6.51. The van der Waals surface area contributed by atoms with E-state index < -0.39 is 10.0 Å². The lowest BCUT2D eigenvalue weighted by Gasteiger charge is -2.64. The molecular formula is C28H41NO3S. The van der Waals surface area contributed by atoms with Crippen molar-refractivity contribution < 1.29 is 13.2 Å². The van der Waals surface area contributed by atoms with E-state index in [-0.39, 0.29) is 11.5 Å². The van der Waals surface area contributed by atoms with Crippen LogP contribution in [0.4, 0.5) is 0 Å². The molecule has 4 nitrogen and oxygen atoms in total. The zero-order chi connectivity index (χ0) is 24.2. The third-order valence-corrected chi connectivity index (χ3v) is 8.95. The molecule has 33 heavy (non-hydrogen) atoms. The van der Waals surface area contributed by atoms with Crippen LogP contribution in [-0.4, -0.2) is 31.6 Å². The quantitative estimate of drug-likeness (QED) is 0.511. The van der Waals surface area contributed by atoms with E-state index in [1.54, 1.807) is 4.31 Å². The fourth-order valence-electron chi connectivity index (χ4n) is 6.37. The Kier molecular flexibility index (Phi) is 8.28. The molecule has 4 unspecified atom stereocenters. The molecule has 1 saturated carbocycles. The lowest BCUT2D eigenvalue weighted by atomic mass is 9.44. The van der Waals surface area contributed by atoms with Crippen molar-refractivity contribution >= 4 is 10.0 Å². The summed E-state index contributed by atoms with van der Waals surface area (Å²) in [6, 6.07) is 16.8. The molecule has 1 aliphatic heterocycles. The molecule has 3 aliphatic rings. The van der Waals surface area contributed by atoms with E-state index in [2.05, 4.69) is 37.3 Å². The van der Waals surface area contributed by atoms with Gasteiger partial charge in [0.25, 0.3) is 0 Å². The Morgan fingerprint density at radius 3 is 2.39 bits per heavy atom. The lowest BCUT2D eigenvalue weighted by molar-refractivity contribution is 0.00894. The summed E-state index contributed by atoms with van der Waals surface area (Å²) in [6.45, 7) is 11.3. The number of hydrogen-bond donors (Lipinski definition) is 0. The number of nitrogens with zero attached hydrogens (tertiary/aromatic N) is 1. The number of fused-ring (bicyclic) bond motifs is 2. The summed E-state index contributed by atoms with van der Waals surface area (Å²) in [5.74, 6) is 1.63. The molecule has 5 rings (SSSR count). The van der Waals surface area contributed by atoms with Gasteiger partial charge >= 0.3 is 0 Å². The van der Waals surface area contributed by atoms with Crippen LogP contribution >= 0.6 is 0 Å². The van der Waals surface area contributed by atoms with Crippen LogP contribution < -0.4 is 4.74 Å². The van der Waals surface area contributed by atoms with E-state index in [4.69, 9.17) is 4.74 Å². The highest BCUT2D eigenvalue weighted by Crippen LogP contribution is 2.65. The molecule has 2 aromatic rings. The van der Waals surface area contributed by atoms with Gasteiger partial charge in [-0.1, -0.05) is 76.9 Å². The SMILES string of the molecule is CC.CC.CC1C2CCCCC23c2cc(OCc4ccccc4)ccc2C3CN1S(C)(=O)=O. The van der Waals surface area contributed by atoms with Gasteiger partial charge in [-0.3, -0.25) is 0 Å². The molecule has 0 radical (unpaired) electrons. The highest BCUT2D eigenvalue weighted by Gasteiger charge is 2.62. The van der Waals surface area contributed by atoms with Crippen molar-refractivity contribution in [2.45, 2.75) is 84.3 Å². The molecule has 2 aliphatic carbocycles. The fraction of sp³-hybridized carbons (Fsp3) is 0.571. The third kappa shape index (κ3) is 4.59. The van der Waals surface area contributed by atoms with Gasteiger partial charge in [0.15, 0.2) is 0 Å². The second-order valence-corrected chi connectivity index (χ2v) is 11.0. The van der Waals surface area contributed by atoms with Crippen LogP contribution in [0.25, 0.3) is 0 Å². The van der Waals surface area contributed by atoms with E-state index in [0.717, 1.165) is 17.7 Å². The molecule has 0 aromatic heterocycles. The minimum absolute atomic E-state index is 0.0589. The van der Waals surface area contributed by atoms with Crippen molar-refractivity contribution in [1.29, 1.82) is 0 Å². The largest absolute Gasteiger partial charge is 0.489 e. The molecule has 0 bridgehead atoms. The highest BCUT2D eigenvalue weighted by atomic mass is 32.2. The van der Waals surface area contributed by atoms with Crippen LogP contribution in [0.15, 0.2) is 48.5 Å². The lowest BCUT2D eigenvalue weighted by Crippen LogP contribution is -2.65. The van der Waals surface area contributed by atoms with Crippen molar-refractivity contribution in [1.82, 2.24) is 4.31 Å². The molecular weight excluding hydrogens is 430 g/mol. The number of piperidine rings is 1. The van der Waals surface area contributed by atoms with Crippen molar-refractivity contribution in [2.24, 2.45) is 5.92 Å². The van der Waals surface area contributed by atoms with Crippen molar-refractivity contribution in [3.63, 3.8) is 0 Å². The second kappa shape index (κ2) is 10.6. The number of hydrogen-bond acceptors (Lipinski definition) is 3. The molecule has 1 spiro atoms. The topological polar surface area (TPSA) is 46.6 Å². The minimum atomic E-state index is -3.19. The van der Waals surface area contributed by atoms with Crippen molar-refractivity contribution in [3.8, 4) is 5.75 Å². The molecule has 1 heterocycles. The predicted molar refractivity (Wildman–Crippen MR) is 137 cm³/mol. The average molecular weight is 472 g/mol. The van der Waals surface area contributed by atoms with E-state index in [9.17, 15) is 8.42 Å². The van der Waals surface area contributed by atoms with E-state index in [0.29, 0.717) is 25.0 Å². The molecule has 0 amide bonds. The van der Waals surface area contributed by atoms with Crippen molar-refractivity contribution in [2.75, 3.05) is 12.8 Å². The summed E-state index contributed by atoms with van der Waals surface area (Å²) in [7, 11) is -3.19. The molecule has 5 heteroatoms. The van der Waals surface area contributed by atoms with Gasteiger partial charge in [0.2, 0.25) is 10.0 Å². The summed E-state index contributed by atoms with van der Waals surface area (Å²) in [5.41, 5.74) is 4.03. The maximum Gasteiger partial charge on any atom is 0.211 e. The molecule has 0 N–H and O–H groups in total. The van der Waals surface area contributed by atoms with Gasteiger partial charge in [-0.25, -0.2) is 8.42 Å². The van der Waals surface area contributed by atoms with Gasteiger partial charge in [0, 0.05) is 23.9 Å². The zero-order valence-electron chi connectivity index (χ0n) is 21.2. The summed E-state index contributed by atoms with van der Waals surface area (Å²) >= 11 is 0. The first-order valence-electron chi connectivity index (χ1n) is 12.7. The Bertz CT molecular complexity index is 1020. The fourth-order valence-corrected chi connectivity index (χ4v) is 7.54. The van der Waals surface area contributed by atoms with Gasteiger partial charge in [0.05, 0.1) is 6.26 Å². The smallest absolute Gasteiger partial charge is 0.211 e. The Labute approximate surface area is 201 Å². The van der Waals surface area contributed by atoms with Gasteiger partial charge in [-0.2, -0.15) is 4.31 Å². The minimum Gasteiger partial charge on any atom is -0.489 e. The van der Waals surface area contributed by atoms with Gasteiger partial charge in [-0.15, -0.1) is 0 Å². The molecule has 2 fully saturated rings. The number of benzene rings is 2. The van der Waals surface area contributed by atoms with Crippen LogP contribution in [0, 0.1) is 5.92 Å². The number of rotatable bonds is 4. The van der Waals surface area contributed by atoms with Gasteiger partial charge in [-0.05, 0) is 54.5 Å². The van der Waals surface area contributed by atoms with Crippen molar-refractivity contribution in [3.05, 3.63) is 65.2 Å².